The van der Waals surface area contributed by atoms with Crippen LogP contribution in [-0.4, -0.2) is 48.6 Å². The highest BCUT2D eigenvalue weighted by atomic mass is 32.1. The lowest BCUT2D eigenvalue weighted by Gasteiger charge is -2.34. The molecule has 0 aliphatic heterocycles. The highest BCUT2D eigenvalue weighted by Gasteiger charge is 2.29. The van der Waals surface area contributed by atoms with Crippen molar-refractivity contribution in [1.82, 2.24) is 4.90 Å². The molecule has 0 bridgehead atoms. The number of aryl methyl sites for hydroxylation is 1. The van der Waals surface area contributed by atoms with E-state index < -0.39 is 0 Å². The third-order valence-corrected chi connectivity index (χ3v) is 7.46. The van der Waals surface area contributed by atoms with Crippen LogP contribution < -0.4 is 9.75 Å². The fourth-order valence-corrected chi connectivity index (χ4v) is 5.95. The molecule has 1 fully saturated rings. The molecule has 0 spiro atoms. The molecule has 1 aromatic rings. The number of hydrogen-bond donors (Lipinski definition) is 2. The number of aliphatic hydroxyl groups excluding tert-OH is 1. The largest absolute Gasteiger partial charge is 0.494 e. The summed E-state index contributed by atoms with van der Waals surface area (Å²) >= 11 is 1.78. The molecule has 1 atom stereocenters. The Morgan fingerprint density at radius 1 is 1.33 bits per heavy atom. The van der Waals surface area contributed by atoms with Crippen molar-refractivity contribution in [3.63, 3.8) is 0 Å². The second-order valence-corrected chi connectivity index (χ2v) is 9.13. The van der Waals surface area contributed by atoms with Crippen LogP contribution in [0.2, 0.25) is 0 Å². The molecule has 0 aromatic carbocycles. The first-order valence-electron chi connectivity index (χ1n) is 10.4. The van der Waals surface area contributed by atoms with E-state index in [1.165, 1.54) is 29.5 Å². The standard InChI is InChI=1S/C22H34N2O2S/c1-4-24(3)17-6-8-18(9-7-17)26-19(11-13-23)21-15(2)27-20-10-5-16(12-14-25)22(20)21/h13,16-18,23,25H,2,4-12,14H2,1,3H3. The second kappa shape index (κ2) is 9.35. The molecule has 150 valence electrons. The summed E-state index contributed by atoms with van der Waals surface area (Å²) in [5, 5.41) is 18.3. The van der Waals surface area contributed by atoms with Gasteiger partial charge in [0.2, 0.25) is 0 Å². The highest BCUT2D eigenvalue weighted by Crippen LogP contribution is 2.35. The summed E-state index contributed by atoms with van der Waals surface area (Å²) in [6.45, 7) is 7.83. The maximum atomic E-state index is 9.45. The van der Waals surface area contributed by atoms with Gasteiger partial charge in [0, 0.05) is 39.9 Å². The normalized spacial score (nSPS) is 26.1. The van der Waals surface area contributed by atoms with Crippen LogP contribution in [0, 0.1) is 5.41 Å². The minimum atomic E-state index is 0.224. The third-order valence-electron chi connectivity index (χ3n) is 6.34. The Balaban J connectivity index is 1.85. The molecule has 1 saturated carbocycles. The summed E-state index contributed by atoms with van der Waals surface area (Å²) in [7, 11) is 2.21. The topological polar surface area (TPSA) is 56.5 Å². The van der Waals surface area contributed by atoms with Crippen LogP contribution in [0.5, 0.6) is 0 Å². The van der Waals surface area contributed by atoms with Gasteiger partial charge in [0.15, 0.2) is 0 Å². The van der Waals surface area contributed by atoms with E-state index in [4.69, 9.17) is 10.1 Å². The fourth-order valence-electron chi connectivity index (χ4n) is 4.73. The van der Waals surface area contributed by atoms with Crippen LogP contribution >= 0.6 is 11.3 Å². The summed E-state index contributed by atoms with van der Waals surface area (Å²) in [5.41, 5.74) is 1.36. The van der Waals surface area contributed by atoms with E-state index in [1.807, 2.05) is 0 Å². The number of aliphatic hydroxyl groups is 1. The van der Waals surface area contributed by atoms with Crippen LogP contribution in [0.3, 0.4) is 0 Å². The van der Waals surface area contributed by atoms with Crippen LogP contribution in [0.25, 0.3) is 12.3 Å². The van der Waals surface area contributed by atoms with Gasteiger partial charge in [-0.2, -0.15) is 0 Å². The average molecular weight is 391 g/mol. The zero-order valence-electron chi connectivity index (χ0n) is 16.8. The maximum absolute atomic E-state index is 9.45. The minimum Gasteiger partial charge on any atom is -0.494 e. The summed E-state index contributed by atoms with van der Waals surface area (Å²) in [4.78, 5) is 3.85. The molecule has 4 nitrogen and oxygen atoms in total. The molecule has 2 aliphatic carbocycles. The summed E-state index contributed by atoms with van der Waals surface area (Å²) < 4.78 is 7.59. The number of hydrogen-bond acceptors (Lipinski definition) is 5. The van der Waals surface area contributed by atoms with Gasteiger partial charge in [0.1, 0.15) is 5.76 Å². The molecule has 5 heteroatoms. The molecule has 0 saturated heterocycles. The van der Waals surface area contributed by atoms with Crippen LogP contribution in [0.1, 0.15) is 68.2 Å². The van der Waals surface area contributed by atoms with Gasteiger partial charge in [0.05, 0.1) is 6.10 Å². The molecule has 2 aliphatic rings. The number of fused-ring (bicyclic) bond motifs is 1. The van der Waals surface area contributed by atoms with E-state index in [2.05, 4.69) is 25.5 Å². The minimum absolute atomic E-state index is 0.224. The Bertz CT molecular complexity index is 749. The monoisotopic (exact) mass is 390 g/mol. The Kier molecular flexibility index (Phi) is 7.12. The predicted molar refractivity (Wildman–Crippen MR) is 114 cm³/mol. The summed E-state index contributed by atoms with van der Waals surface area (Å²) in [6.07, 6.45) is 9.75. The van der Waals surface area contributed by atoms with Gasteiger partial charge in [-0.3, -0.25) is 0 Å². The molecule has 1 unspecified atom stereocenters. The van der Waals surface area contributed by atoms with Gasteiger partial charge in [-0.1, -0.05) is 13.5 Å². The van der Waals surface area contributed by atoms with Gasteiger partial charge in [-0.25, -0.2) is 0 Å². The molecule has 1 aromatic heterocycles. The smallest absolute Gasteiger partial charge is 0.111 e. The van der Waals surface area contributed by atoms with Crippen molar-refractivity contribution in [3.05, 3.63) is 20.2 Å². The van der Waals surface area contributed by atoms with Crippen molar-refractivity contribution in [2.24, 2.45) is 0 Å². The van der Waals surface area contributed by atoms with Gasteiger partial charge in [0.25, 0.3) is 0 Å². The van der Waals surface area contributed by atoms with Crippen molar-refractivity contribution in [3.8, 4) is 0 Å². The van der Waals surface area contributed by atoms with Crippen molar-refractivity contribution >= 4 is 29.9 Å². The lowest BCUT2D eigenvalue weighted by molar-refractivity contribution is 0.0801. The lowest BCUT2D eigenvalue weighted by Crippen LogP contribution is -2.37. The quantitative estimate of drug-likeness (QED) is 0.671. The first-order valence-corrected chi connectivity index (χ1v) is 11.2. The predicted octanol–water partition coefficient (Wildman–Crippen LogP) is 3.00. The Labute approximate surface area is 167 Å². The van der Waals surface area contributed by atoms with Crippen molar-refractivity contribution in [1.29, 1.82) is 5.41 Å². The SMILES string of the molecule is C=c1sc2c(c1=C(CC=N)OC1CCC(N(C)CC)CC1)C(CCO)CC2. The number of rotatable bonds is 8. The van der Waals surface area contributed by atoms with Crippen molar-refractivity contribution < 1.29 is 9.84 Å². The van der Waals surface area contributed by atoms with E-state index in [9.17, 15) is 5.11 Å². The molecule has 0 radical (unpaired) electrons. The fraction of sp³-hybridized carbons (Fsp3) is 0.682. The third kappa shape index (κ3) is 4.47. The van der Waals surface area contributed by atoms with Gasteiger partial charge < -0.3 is 20.2 Å². The Hall–Kier alpha value is -1.17. The van der Waals surface area contributed by atoms with E-state index in [-0.39, 0.29) is 12.7 Å². The van der Waals surface area contributed by atoms with Gasteiger partial charge in [-0.15, -0.1) is 11.3 Å². The van der Waals surface area contributed by atoms with Crippen molar-refractivity contribution in [2.45, 2.75) is 76.4 Å². The first kappa shape index (κ1) is 20.6. The molecule has 2 N–H and O–H groups in total. The molecule has 0 amide bonds. The molecule has 27 heavy (non-hydrogen) atoms. The van der Waals surface area contributed by atoms with E-state index in [1.54, 1.807) is 11.3 Å². The lowest BCUT2D eigenvalue weighted by atomic mass is 9.92. The van der Waals surface area contributed by atoms with Crippen molar-refractivity contribution in [2.75, 3.05) is 20.2 Å². The molecular weight excluding hydrogens is 356 g/mol. The first-order chi connectivity index (χ1) is 13.1. The Morgan fingerprint density at radius 3 is 2.70 bits per heavy atom. The summed E-state index contributed by atoms with van der Waals surface area (Å²) in [6, 6.07) is 0.670. The second-order valence-electron chi connectivity index (χ2n) is 7.94. The number of thiophene rings is 1. The van der Waals surface area contributed by atoms with E-state index in [0.29, 0.717) is 18.4 Å². The molecule has 1 heterocycles. The van der Waals surface area contributed by atoms with E-state index in [0.717, 1.165) is 54.2 Å². The molecular formula is C22H34N2O2S. The molecule has 3 rings (SSSR count). The number of nitrogens with zero attached hydrogens (tertiary/aromatic N) is 1. The van der Waals surface area contributed by atoms with Crippen LogP contribution in [-0.2, 0) is 11.2 Å². The highest BCUT2D eigenvalue weighted by molar-refractivity contribution is 7.10. The van der Waals surface area contributed by atoms with Crippen LogP contribution in [0.4, 0.5) is 0 Å². The maximum Gasteiger partial charge on any atom is 0.111 e. The average Bonchev–Trinajstić information content (AvgIpc) is 3.20. The summed E-state index contributed by atoms with van der Waals surface area (Å²) in [5.74, 6) is 1.34. The Morgan fingerprint density at radius 2 is 2.07 bits per heavy atom. The van der Waals surface area contributed by atoms with Gasteiger partial charge >= 0.3 is 0 Å². The zero-order valence-corrected chi connectivity index (χ0v) is 17.6. The number of ether oxygens (including phenoxy) is 1. The zero-order chi connectivity index (χ0) is 19.4. The van der Waals surface area contributed by atoms with E-state index >= 15 is 0 Å². The van der Waals surface area contributed by atoms with Crippen LogP contribution in [0.15, 0.2) is 0 Å². The van der Waals surface area contributed by atoms with Gasteiger partial charge in [-0.05, 0) is 70.0 Å². The number of nitrogens with one attached hydrogen (secondary N) is 1.